The number of rotatable bonds is 4. The zero-order valence-corrected chi connectivity index (χ0v) is 12.5. The predicted octanol–water partition coefficient (Wildman–Crippen LogP) is 1.72. The van der Waals surface area contributed by atoms with Crippen molar-refractivity contribution in [3.05, 3.63) is 34.1 Å². The van der Waals surface area contributed by atoms with Gasteiger partial charge in [-0.2, -0.15) is 5.10 Å². The summed E-state index contributed by atoms with van der Waals surface area (Å²) in [5.74, 6) is 0. The first-order valence-corrected chi connectivity index (χ1v) is 6.75. The topological polar surface area (TPSA) is 61.7 Å². The van der Waals surface area contributed by atoms with Crippen LogP contribution in [-0.4, -0.2) is 19.3 Å². The average Bonchev–Trinajstić information content (AvgIpc) is 2.87. The minimum atomic E-state index is -0.109. The standard InChI is InChI=1S/C12H18BrN5/c1-4-9-12(13)11(18(3)16-9)5-8(14)10-6-17(2)7-15-10/h6-8H,4-5,14H2,1-3H3. The molecule has 0 aliphatic heterocycles. The highest BCUT2D eigenvalue weighted by Crippen LogP contribution is 2.25. The van der Waals surface area contributed by atoms with Crippen molar-refractivity contribution in [3.8, 4) is 0 Å². The summed E-state index contributed by atoms with van der Waals surface area (Å²) < 4.78 is 4.87. The Hall–Kier alpha value is -1.14. The zero-order chi connectivity index (χ0) is 13.3. The molecule has 2 heterocycles. The van der Waals surface area contributed by atoms with Gasteiger partial charge in [-0.05, 0) is 22.4 Å². The molecule has 0 fully saturated rings. The van der Waals surface area contributed by atoms with Crippen LogP contribution in [0.4, 0.5) is 0 Å². The van der Waals surface area contributed by atoms with E-state index in [1.807, 2.05) is 29.5 Å². The van der Waals surface area contributed by atoms with Crippen molar-refractivity contribution in [3.63, 3.8) is 0 Å². The van der Waals surface area contributed by atoms with Crippen LogP contribution >= 0.6 is 15.9 Å². The highest BCUT2D eigenvalue weighted by atomic mass is 79.9. The van der Waals surface area contributed by atoms with E-state index in [0.717, 1.165) is 34.4 Å². The molecule has 2 N–H and O–H groups in total. The lowest BCUT2D eigenvalue weighted by Crippen LogP contribution is -2.16. The van der Waals surface area contributed by atoms with Gasteiger partial charge in [0.25, 0.3) is 0 Å². The Morgan fingerprint density at radius 3 is 2.67 bits per heavy atom. The molecule has 0 aliphatic rings. The van der Waals surface area contributed by atoms with Crippen LogP contribution in [0.15, 0.2) is 17.0 Å². The van der Waals surface area contributed by atoms with Crippen LogP contribution in [-0.2, 0) is 26.9 Å². The molecule has 0 saturated carbocycles. The van der Waals surface area contributed by atoms with Gasteiger partial charge in [0, 0.05) is 26.7 Å². The third kappa shape index (κ3) is 2.49. The number of halogens is 1. The van der Waals surface area contributed by atoms with Crippen molar-refractivity contribution in [2.75, 3.05) is 0 Å². The molecule has 0 radical (unpaired) electrons. The van der Waals surface area contributed by atoms with E-state index in [4.69, 9.17) is 5.73 Å². The highest BCUT2D eigenvalue weighted by Gasteiger charge is 2.17. The summed E-state index contributed by atoms with van der Waals surface area (Å²) in [6, 6.07) is -0.109. The third-order valence-corrected chi connectivity index (χ3v) is 3.94. The Balaban J connectivity index is 2.21. The number of nitrogens with zero attached hydrogens (tertiary/aromatic N) is 4. The first kappa shape index (κ1) is 13.3. The van der Waals surface area contributed by atoms with Crippen LogP contribution in [0.1, 0.15) is 30.0 Å². The van der Waals surface area contributed by atoms with Gasteiger partial charge in [0.1, 0.15) is 0 Å². The van der Waals surface area contributed by atoms with Crippen LogP contribution in [0.3, 0.4) is 0 Å². The van der Waals surface area contributed by atoms with E-state index in [9.17, 15) is 0 Å². The minimum Gasteiger partial charge on any atom is -0.340 e. The molecule has 0 aliphatic carbocycles. The summed E-state index contributed by atoms with van der Waals surface area (Å²) in [5.41, 5.74) is 9.28. The molecule has 0 bridgehead atoms. The van der Waals surface area contributed by atoms with E-state index >= 15 is 0 Å². The number of hydrogen-bond acceptors (Lipinski definition) is 3. The van der Waals surface area contributed by atoms with E-state index in [1.165, 1.54) is 0 Å². The fraction of sp³-hybridized carbons (Fsp3) is 0.500. The van der Waals surface area contributed by atoms with Gasteiger partial charge in [-0.3, -0.25) is 4.68 Å². The van der Waals surface area contributed by atoms with E-state index in [0.29, 0.717) is 0 Å². The van der Waals surface area contributed by atoms with Crippen molar-refractivity contribution in [1.29, 1.82) is 0 Å². The molecule has 18 heavy (non-hydrogen) atoms. The highest BCUT2D eigenvalue weighted by molar-refractivity contribution is 9.10. The maximum absolute atomic E-state index is 6.19. The molecule has 2 rings (SSSR count). The summed E-state index contributed by atoms with van der Waals surface area (Å²) in [7, 11) is 3.89. The minimum absolute atomic E-state index is 0.109. The molecule has 0 aromatic carbocycles. The molecule has 1 atom stereocenters. The van der Waals surface area contributed by atoms with Crippen molar-refractivity contribution >= 4 is 15.9 Å². The van der Waals surface area contributed by atoms with E-state index in [2.05, 4.69) is 32.9 Å². The van der Waals surface area contributed by atoms with Crippen molar-refractivity contribution in [2.24, 2.45) is 19.8 Å². The molecule has 2 aromatic heterocycles. The number of hydrogen-bond donors (Lipinski definition) is 1. The van der Waals surface area contributed by atoms with E-state index in [-0.39, 0.29) is 6.04 Å². The van der Waals surface area contributed by atoms with Crippen molar-refractivity contribution in [1.82, 2.24) is 19.3 Å². The summed E-state index contributed by atoms with van der Waals surface area (Å²) in [4.78, 5) is 4.29. The van der Waals surface area contributed by atoms with Gasteiger partial charge in [-0.25, -0.2) is 4.98 Å². The van der Waals surface area contributed by atoms with Crippen LogP contribution in [0.2, 0.25) is 0 Å². The van der Waals surface area contributed by atoms with E-state index in [1.54, 1.807) is 6.33 Å². The first-order chi connectivity index (χ1) is 8.52. The second-order valence-electron chi connectivity index (χ2n) is 4.46. The summed E-state index contributed by atoms with van der Waals surface area (Å²) in [6.45, 7) is 2.09. The number of aryl methyl sites for hydroxylation is 3. The fourth-order valence-electron chi connectivity index (χ4n) is 1.98. The Bertz CT molecular complexity index is 543. The van der Waals surface area contributed by atoms with Crippen LogP contribution < -0.4 is 5.73 Å². The van der Waals surface area contributed by atoms with Crippen LogP contribution in [0, 0.1) is 0 Å². The summed E-state index contributed by atoms with van der Waals surface area (Å²) in [5, 5.41) is 4.47. The molecule has 6 heteroatoms. The lowest BCUT2D eigenvalue weighted by Gasteiger charge is -2.09. The Morgan fingerprint density at radius 2 is 2.17 bits per heavy atom. The lowest BCUT2D eigenvalue weighted by molar-refractivity contribution is 0.627. The average molecular weight is 312 g/mol. The van der Waals surface area contributed by atoms with Crippen molar-refractivity contribution in [2.45, 2.75) is 25.8 Å². The SMILES string of the molecule is CCc1nn(C)c(CC(N)c2cn(C)cn2)c1Br. The summed E-state index contributed by atoms with van der Waals surface area (Å²) >= 11 is 3.60. The van der Waals surface area contributed by atoms with Crippen LogP contribution in [0.5, 0.6) is 0 Å². The number of aromatic nitrogens is 4. The van der Waals surface area contributed by atoms with E-state index < -0.39 is 0 Å². The normalized spacial score (nSPS) is 12.9. The Kier molecular flexibility index (Phi) is 3.87. The van der Waals surface area contributed by atoms with Gasteiger partial charge in [0.05, 0.1) is 33.9 Å². The molecule has 2 aromatic rings. The second-order valence-corrected chi connectivity index (χ2v) is 5.25. The van der Waals surface area contributed by atoms with Gasteiger partial charge in [-0.15, -0.1) is 0 Å². The molecule has 5 nitrogen and oxygen atoms in total. The smallest absolute Gasteiger partial charge is 0.0947 e. The number of nitrogens with two attached hydrogens (primary N) is 1. The molecule has 0 amide bonds. The second kappa shape index (κ2) is 5.24. The van der Waals surface area contributed by atoms with Gasteiger partial charge in [-0.1, -0.05) is 6.92 Å². The Labute approximate surface area is 115 Å². The molecule has 0 spiro atoms. The molecule has 1 unspecified atom stereocenters. The van der Waals surface area contributed by atoms with Crippen LogP contribution in [0.25, 0.3) is 0 Å². The zero-order valence-electron chi connectivity index (χ0n) is 10.9. The van der Waals surface area contributed by atoms with Gasteiger partial charge < -0.3 is 10.3 Å². The third-order valence-electron chi connectivity index (χ3n) is 3.02. The van der Waals surface area contributed by atoms with Gasteiger partial charge in [0.15, 0.2) is 0 Å². The molecule has 98 valence electrons. The molecular weight excluding hydrogens is 294 g/mol. The molecule has 0 saturated heterocycles. The quantitative estimate of drug-likeness (QED) is 0.935. The van der Waals surface area contributed by atoms with Gasteiger partial charge in [0.2, 0.25) is 0 Å². The monoisotopic (exact) mass is 311 g/mol. The fourth-order valence-corrected chi connectivity index (χ4v) is 2.76. The number of imidazole rings is 1. The first-order valence-electron chi connectivity index (χ1n) is 5.96. The van der Waals surface area contributed by atoms with Crippen molar-refractivity contribution < 1.29 is 0 Å². The Morgan fingerprint density at radius 1 is 1.44 bits per heavy atom. The maximum Gasteiger partial charge on any atom is 0.0947 e. The molecular formula is C12H18BrN5. The summed E-state index contributed by atoms with van der Waals surface area (Å²) in [6.07, 6.45) is 5.36. The maximum atomic E-state index is 6.19. The lowest BCUT2D eigenvalue weighted by atomic mass is 10.1. The van der Waals surface area contributed by atoms with Gasteiger partial charge >= 0.3 is 0 Å². The predicted molar refractivity (Wildman–Crippen MR) is 74.1 cm³/mol. The largest absolute Gasteiger partial charge is 0.340 e.